The van der Waals surface area contributed by atoms with Gasteiger partial charge in [-0.2, -0.15) is 4.31 Å². The van der Waals surface area contributed by atoms with Gasteiger partial charge in [0.05, 0.1) is 18.1 Å². The summed E-state index contributed by atoms with van der Waals surface area (Å²) in [6, 6.07) is 6.25. The number of benzene rings is 1. The lowest BCUT2D eigenvalue weighted by atomic mass is 10.2. The summed E-state index contributed by atoms with van der Waals surface area (Å²) >= 11 is 0. The minimum atomic E-state index is -3.52. The molecule has 24 heavy (non-hydrogen) atoms. The van der Waals surface area contributed by atoms with E-state index in [1.54, 1.807) is 12.1 Å². The minimum Gasteiger partial charge on any atom is -0.379 e. The minimum absolute atomic E-state index is 0.0472. The van der Waals surface area contributed by atoms with Crippen molar-refractivity contribution in [2.75, 3.05) is 39.4 Å². The highest BCUT2D eigenvalue weighted by molar-refractivity contribution is 7.89. The molecular weight excluding hydrogens is 328 g/mol. The topological polar surface area (TPSA) is 66.9 Å². The lowest BCUT2D eigenvalue weighted by Gasteiger charge is -2.26. The molecule has 0 aromatic heterocycles. The monoisotopic (exact) mass is 354 g/mol. The molecule has 1 heterocycles. The number of morpholine rings is 1. The van der Waals surface area contributed by atoms with E-state index in [4.69, 9.17) is 4.74 Å². The van der Waals surface area contributed by atoms with Crippen LogP contribution in [-0.4, -0.2) is 62.9 Å². The quantitative estimate of drug-likeness (QED) is 0.751. The normalized spacial score (nSPS) is 16.1. The van der Waals surface area contributed by atoms with Gasteiger partial charge >= 0.3 is 0 Å². The van der Waals surface area contributed by atoms with Gasteiger partial charge in [0, 0.05) is 31.7 Å². The van der Waals surface area contributed by atoms with Gasteiger partial charge in [-0.3, -0.25) is 4.79 Å². The van der Waals surface area contributed by atoms with Gasteiger partial charge < -0.3 is 9.64 Å². The van der Waals surface area contributed by atoms with E-state index in [0.717, 1.165) is 12.8 Å². The molecule has 1 aliphatic heterocycles. The molecule has 0 aliphatic carbocycles. The Morgan fingerprint density at radius 2 is 1.62 bits per heavy atom. The van der Waals surface area contributed by atoms with E-state index in [-0.39, 0.29) is 10.8 Å². The second kappa shape index (κ2) is 8.60. The zero-order valence-electron chi connectivity index (χ0n) is 14.4. The highest BCUT2D eigenvalue weighted by atomic mass is 32.2. The number of carbonyl (C=O) groups is 1. The molecule has 0 unspecified atom stereocenters. The van der Waals surface area contributed by atoms with Gasteiger partial charge in [0.25, 0.3) is 5.91 Å². The number of amides is 1. The van der Waals surface area contributed by atoms with Gasteiger partial charge in [-0.15, -0.1) is 0 Å². The van der Waals surface area contributed by atoms with Crippen LogP contribution in [0.5, 0.6) is 0 Å². The van der Waals surface area contributed by atoms with Crippen molar-refractivity contribution in [1.82, 2.24) is 9.21 Å². The Balaban J connectivity index is 2.15. The van der Waals surface area contributed by atoms with Crippen molar-refractivity contribution in [2.45, 2.75) is 31.6 Å². The average molecular weight is 354 g/mol. The van der Waals surface area contributed by atoms with Crippen LogP contribution in [0.15, 0.2) is 29.2 Å². The third-order valence-electron chi connectivity index (χ3n) is 3.98. The second-order valence-electron chi connectivity index (χ2n) is 5.83. The third kappa shape index (κ3) is 4.34. The Morgan fingerprint density at radius 3 is 2.12 bits per heavy atom. The molecule has 1 amide bonds. The van der Waals surface area contributed by atoms with Gasteiger partial charge in [0.2, 0.25) is 10.0 Å². The molecular formula is C17H26N2O4S. The number of hydrogen-bond acceptors (Lipinski definition) is 4. The lowest BCUT2D eigenvalue weighted by molar-refractivity contribution is 0.0730. The molecule has 0 atom stereocenters. The summed E-state index contributed by atoms with van der Waals surface area (Å²) in [6.07, 6.45) is 1.80. The molecule has 0 spiro atoms. The first-order valence-electron chi connectivity index (χ1n) is 8.48. The van der Waals surface area contributed by atoms with Crippen LogP contribution in [-0.2, 0) is 14.8 Å². The maximum Gasteiger partial charge on any atom is 0.253 e. The standard InChI is InChI=1S/C17H26N2O4S/c1-3-9-18(10-4-2)17(20)15-5-7-16(8-6-15)24(21,22)19-11-13-23-14-12-19/h5-8H,3-4,9-14H2,1-2H3. The van der Waals surface area contributed by atoms with Crippen molar-refractivity contribution in [3.8, 4) is 0 Å². The molecule has 6 nitrogen and oxygen atoms in total. The van der Waals surface area contributed by atoms with Gasteiger partial charge in [-0.25, -0.2) is 8.42 Å². The Hall–Kier alpha value is -1.44. The molecule has 0 bridgehead atoms. The van der Waals surface area contributed by atoms with Crippen LogP contribution in [0.1, 0.15) is 37.0 Å². The van der Waals surface area contributed by atoms with Crippen LogP contribution in [0, 0.1) is 0 Å². The molecule has 1 aliphatic rings. The maximum atomic E-state index is 12.6. The van der Waals surface area contributed by atoms with Crippen molar-refractivity contribution >= 4 is 15.9 Å². The van der Waals surface area contributed by atoms with E-state index >= 15 is 0 Å². The third-order valence-corrected chi connectivity index (χ3v) is 5.90. The van der Waals surface area contributed by atoms with Crippen molar-refractivity contribution in [2.24, 2.45) is 0 Å². The molecule has 1 aromatic carbocycles. The number of ether oxygens (including phenoxy) is 1. The summed E-state index contributed by atoms with van der Waals surface area (Å²) < 4.78 is 31.8. The number of hydrogen-bond donors (Lipinski definition) is 0. The summed E-state index contributed by atoms with van der Waals surface area (Å²) in [4.78, 5) is 14.6. The van der Waals surface area contributed by atoms with E-state index < -0.39 is 10.0 Å². The van der Waals surface area contributed by atoms with E-state index in [0.29, 0.717) is 45.0 Å². The van der Waals surface area contributed by atoms with Gasteiger partial charge in [0.15, 0.2) is 0 Å². The lowest BCUT2D eigenvalue weighted by Crippen LogP contribution is -2.40. The molecule has 1 fully saturated rings. The summed E-state index contributed by atoms with van der Waals surface area (Å²) in [6.45, 7) is 7.05. The second-order valence-corrected chi connectivity index (χ2v) is 7.77. The van der Waals surface area contributed by atoms with E-state index in [1.807, 2.05) is 18.7 Å². The largest absolute Gasteiger partial charge is 0.379 e. The number of sulfonamides is 1. The van der Waals surface area contributed by atoms with Gasteiger partial charge in [-0.1, -0.05) is 13.8 Å². The van der Waals surface area contributed by atoms with E-state index in [1.165, 1.54) is 16.4 Å². The van der Waals surface area contributed by atoms with E-state index in [2.05, 4.69) is 0 Å². The maximum absolute atomic E-state index is 12.6. The molecule has 134 valence electrons. The van der Waals surface area contributed by atoms with E-state index in [9.17, 15) is 13.2 Å². The SMILES string of the molecule is CCCN(CCC)C(=O)c1ccc(S(=O)(=O)N2CCOCC2)cc1. The van der Waals surface area contributed by atoms with Gasteiger partial charge in [-0.05, 0) is 37.1 Å². The van der Waals surface area contributed by atoms with Crippen LogP contribution >= 0.6 is 0 Å². The first-order chi connectivity index (χ1) is 11.5. The fourth-order valence-electron chi connectivity index (χ4n) is 2.74. The molecule has 0 N–H and O–H groups in total. The fourth-order valence-corrected chi connectivity index (χ4v) is 4.15. The average Bonchev–Trinajstić information content (AvgIpc) is 2.62. The fraction of sp³-hybridized carbons (Fsp3) is 0.588. The zero-order chi connectivity index (χ0) is 17.6. The molecule has 7 heteroatoms. The molecule has 1 aromatic rings. The molecule has 1 saturated heterocycles. The van der Waals surface area contributed by atoms with Crippen LogP contribution < -0.4 is 0 Å². The molecule has 0 radical (unpaired) electrons. The summed E-state index contributed by atoms with van der Waals surface area (Å²) in [5.74, 6) is -0.0472. The number of rotatable bonds is 7. The van der Waals surface area contributed by atoms with Crippen molar-refractivity contribution in [3.63, 3.8) is 0 Å². The smallest absolute Gasteiger partial charge is 0.253 e. The van der Waals surface area contributed by atoms with Crippen LogP contribution in [0.25, 0.3) is 0 Å². The number of nitrogens with zero attached hydrogens (tertiary/aromatic N) is 2. The predicted octanol–water partition coefficient (Wildman–Crippen LogP) is 1.97. The van der Waals surface area contributed by atoms with Crippen molar-refractivity contribution < 1.29 is 17.9 Å². The molecule has 0 saturated carbocycles. The Kier molecular flexibility index (Phi) is 6.77. The predicted molar refractivity (Wildman–Crippen MR) is 92.5 cm³/mol. The highest BCUT2D eigenvalue weighted by Crippen LogP contribution is 2.18. The Labute approximate surface area is 144 Å². The number of carbonyl (C=O) groups excluding carboxylic acids is 1. The summed E-state index contributed by atoms with van der Waals surface area (Å²) in [5.41, 5.74) is 0.526. The van der Waals surface area contributed by atoms with Crippen molar-refractivity contribution in [3.05, 3.63) is 29.8 Å². The summed E-state index contributed by atoms with van der Waals surface area (Å²) in [7, 11) is -3.52. The van der Waals surface area contributed by atoms with Crippen LogP contribution in [0.4, 0.5) is 0 Å². The van der Waals surface area contributed by atoms with Crippen LogP contribution in [0.2, 0.25) is 0 Å². The zero-order valence-corrected chi connectivity index (χ0v) is 15.2. The highest BCUT2D eigenvalue weighted by Gasteiger charge is 2.26. The Morgan fingerprint density at radius 1 is 1.08 bits per heavy atom. The van der Waals surface area contributed by atoms with Crippen LogP contribution in [0.3, 0.4) is 0 Å². The summed E-state index contributed by atoms with van der Waals surface area (Å²) in [5, 5.41) is 0. The first-order valence-corrected chi connectivity index (χ1v) is 9.92. The van der Waals surface area contributed by atoms with Gasteiger partial charge in [0.1, 0.15) is 0 Å². The Bertz CT molecular complexity index is 631. The molecule has 2 rings (SSSR count). The first kappa shape index (κ1) is 18.9. The van der Waals surface area contributed by atoms with Crippen molar-refractivity contribution in [1.29, 1.82) is 0 Å².